The smallest absolute Gasteiger partial charge is 0.437 e. The summed E-state index contributed by atoms with van der Waals surface area (Å²) >= 11 is 0. The van der Waals surface area contributed by atoms with Crippen molar-refractivity contribution in [1.82, 2.24) is 0 Å². The Morgan fingerprint density at radius 1 is 0.609 bits per heavy atom. The second kappa shape index (κ2) is 12.3. The zero-order valence-electron chi connectivity index (χ0n) is 25.6. The molecule has 0 heterocycles. The number of fused-ring (bicyclic) bond motifs is 2. The monoisotopic (exact) mass is 690 g/mol. The molecule has 2 aliphatic rings. The van der Waals surface area contributed by atoms with E-state index in [0.29, 0.717) is 26.2 Å². The maximum atomic E-state index is 13.0. The average molecular weight is 691 g/mol. The van der Waals surface area contributed by atoms with Crippen LogP contribution in [-0.4, -0.2) is 87.2 Å². The van der Waals surface area contributed by atoms with Gasteiger partial charge in [0.25, 0.3) is 5.60 Å². The zero-order chi connectivity index (χ0) is 36.2. The Morgan fingerprint density at radius 3 is 1.24 bits per heavy atom. The van der Waals surface area contributed by atoms with E-state index in [4.69, 9.17) is 9.47 Å². The Balaban J connectivity index is 2.23. The number of hydrogen-bond acceptors (Lipinski definition) is 10. The van der Waals surface area contributed by atoms with E-state index < -0.39 is 88.9 Å². The first-order valence-corrected chi connectivity index (χ1v) is 13.9. The Labute approximate surface area is 256 Å². The fourth-order valence-electron chi connectivity index (χ4n) is 6.24. The molecule has 2 fully saturated rings. The summed E-state index contributed by atoms with van der Waals surface area (Å²) in [6.45, 7) is 7.26. The molecule has 0 radical (unpaired) electrons. The van der Waals surface area contributed by atoms with Gasteiger partial charge in [-0.2, -0.15) is 39.5 Å². The molecule has 0 aromatic carbocycles. The van der Waals surface area contributed by atoms with E-state index in [1.165, 1.54) is 27.7 Å². The van der Waals surface area contributed by atoms with Crippen LogP contribution >= 0.6 is 0 Å². The number of esters is 4. The number of halogens is 9. The van der Waals surface area contributed by atoms with Crippen molar-refractivity contribution in [2.45, 2.75) is 121 Å². The highest BCUT2D eigenvalue weighted by atomic mass is 19.4. The summed E-state index contributed by atoms with van der Waals surface area (Å²) in [5.74, 6) is -9.92. The molecule has 46 heavy (non-hydrogen) atoms. The number of aliphatic hydroxyl groups is 2. The predicted molar refractivity (Wildman–Crippen MR) is 133 cm³/mol. The number of carbonyl (C=O) groups excluding carboxylic acids is 4. The van der Waals surface area contributed by atoms with Crippen LogP contribution in [0.2, 0.25) is 0 Å². The number of ether oxygens (including phenoxy) is 4. The topological polar surface area (TPSA) is 146 Å². The first kappa shape index (κ1) is 39.3. The lowest BCUT2D eigenvalue weighted by atomic mass is 9.65. The van der Waals surface area contributed by atoms with Gasteiger partial charge in [0, 0.05) is 11.8 Å². The van der Waals surface area contributed by atoms with Gasteiger partial charge in [0.2, 0.25) is 0 Å². The molecule has 2 saturated carbocycles. The molecular formula is C27H35F9O10. The van der Waals surface area contributed by atoms with Gasteiger partial charge >= 0.3 is 48.0 Å². The van der Waals surface area contributed by atoms with Crippen LogP contribution in [0.5, 0.6) is 0 Å². The van der Waals surface area contributed by atoms with Crippen LogP contribution in [-0.2, 0) is 38.1 Å². The van der Waals surface area contributed by atoms with E-state index in [0.717, 1.165) is 6.92 Å². The van der Waals surface area contributed by atoms with Crippen molar-refractivity contribution in [3.63, 3.8) is 0 Å². The molecular weight excluding hydrogens is 655 g/mol. The minimum atomic E-state index is -6.55. The van der Waals surface area contributed by atoms with Crippen molar-refractivity contribution >= 4 is 23.9 Å². The van der Waals surface area contributed by atoms with Crippen LogP contribution in [0.25, 0.3) is 0 Å². The molecule has 0 aromatic heterocycles. The highest BCUT2D eigenvalue weighted by Crippen LogP contribution is 2.60. The van der Waals surface area contributed by atoms with Gasteiger partial charge in [-0.05, 0) is 79.6 Å². The predicted octanol–water partition coefficient (Wildman–Crippen LogP) is 4.32. The third kappa shape index (κ3) is 7.33. The number of hydrogen-bond donors (Lipinski definition) is 2. The highest BCUT2D eigenvalue weighted by Gasteiger charge is 2.77. The number of carbonyl (C=O) groups is 4. The molecule has 0 aliphatic heterocycles. The Kier molecular flexibility index (Phi) is 10.5. The van der Waals surface area contributed by atoms with Gasteiger partial charge in [0.05, 0.1) is 0 Å². The minimum absolute atomic E-state index is 0.134. The summed E-state index contributed by atoms with van der Waals surface area (Å²) < 4.78 is 137. The van der Waals surface area contributed by atoms with Gasteiger partial charge in [-0.3, -0.25) is 0 Å². The summed E-state index contributed by atoms with van der Waals surface area (Å²) in [7, 11) is 0. The van der Waals surface area contributed by atoms with Crippen molar-refractivity contribution in [3.8, 4) is 0 Å². The standard InChI is InChI=1S/C27H35F9O10/c1-11(43-19(39)23(7,41)25(28,29)30)17(37)45-21(3,4)15-13-8-9-14(10-13)16(15)22(5,6)46-18(38)12(2)44-20(40)24(42,26(31,32)33)27(34,35)36/h11-16,41-42H,8-10H2,1-7H3. The summed E-state index contributed by atoms with van der Waals surface area (Å²) in [4.78, 5) is 49.3. The van der Waals surface area contributed by atoms with Crippen LogP contribution in [0.3, 0.4) is 0 Å². The van der Waals surface area contributed by atoms with Gasteiger partial charge in [0.1, 0.15) is 11.2 Å². The Bertz CT molecular complexity index is 1180. The third-order valence-corrected chi connectivity index (χ3v) is 8.55. The van der Waals surface area contributed by atoms with Gasteiger partial charge in [-0.15, -0.1) is 0 Å². The van der Waals surface area contributed by atoms with Crippen molar-refractivity contribution in [1.29, 1.82) is 0 Å². The van der Waals surface area contributed by atoms with E-state index in [1.807, 2.05) is 0 Å². The van der Waals surface area contributed by atoms with Crippen molar-refractivity contribution in [2.75, 3.05) is 0 Å². The van der Waals surface area contributed by atoms with Gasteiger partial charge in [-0.25, -0.2) is 19.2 Å². The third-order valence-electron chi connectivity index (χ3n) is 8.55. The van der Waals surface area contributed by atoms with E-state index >= 15 is 0 Å². The number of alkyl halides is 9. The molecule has 2 rings (SSSR count). The van der Waals surface area contributed by atoms with Gasteiger partial charge in [-0.1, -0.05) is 0 Å². The molecule has 2 bridgehead atoms. The van der Waals surface area contributed by atoms with E-state index in [2.05, 4.69) is 9.47 Å². The SMILES string of the molecule is CC(OC(=O)C(C)(O)C(F)(F)F)C(=O)OC(C)(C)C1C2CCC(C2)C1C(C)(C)OC(=O)C(C)OC(=O)C(O)(C(F)(F)F)C(F)(F)F. The molecule has 7 unspecified atom stereocenters. The van der Waals surface area contributed by atoms with Crippen LogP contribution in [0.1, 0.15) is 67.7 Å². The number of rotatable bonds is 10. The van der Waals surface area contributed by atoms with Crippen LogP contribution in [0, 0.1) is 23.7 Å². The Morgan fingerprint density at radius 2 is 0.935 bits per heavy atom. The quantitative estimate of drug-likeness (QED) is 0.193. The average Bonchev–Trinajstić information content (AvgIpc) is 3.48. The Hall–Kier alpha value is -2.83. The summed E-state index contributed by atoms with van der Waals surface area (Å²) in [6, 6.07) is 0. The molecule has 266 valence electrons. The van der Waals surface area contributed by atoms with Crippen molar-refractivity contribution in [2.24, 2.45) is 23.7 Å². The lowest BCUT2D eigenvalue weighted by Crippen LogP contribution is -2.63. The molecule has 2 N–H and O–H groups in total. The molecule has 7 atom stereocenters. The molecule has 0 spiro atoms. The summed E-state index contributed by atoms with van der Waals surface area (Å²) in [6.07, 6.45) is -21.1. The molecule has 0 saturated heterocycles. The van der Waals surface area contributed by atoms with Crippen LogP contribution < -0.4 is 0 Å². The van der Waals surface area contributed by atoms with E-state index in [-0.39, 0.29) is 18.8 Å². The first-order valence-electron chi connectivity index (χ1n) is 13.9. The van der Waals surface area contributed by atoms with Crippen molar-refractivity contribution < 1.29 is 87.9 Å². The van der Waals surface area contributed by atoms with Crippen LogP contribution in [0.4, 0.5) is 39.5 Å². The zero-order valence-corrected chi connectivity index (χ0v) is 25.6. The summed E-state index contributed by atoms with van der Waals surface area (Å²) in [5, 5.41) is 18.7. The molecule has 0 amide bonds. The summed E-state index contributed by atoms with van der Waals surface area (Å²) in [5.41, 5.74) is -12.9. The lowest BCUT2D eigenvalue weighted by Gasteiger charge is -2.47. The van der Waals surface area contributed by atoms with E-state index in [1.54, 1.807) is 0 Å². The van der Waals surface area contributed by atoms with Crippen molar-refractivity contribution in [3.05, 3.63) is 0 Å². The highest BCUT2D eigenvalue weighted by molar-refractivity contribution is 5.85. The van der Waals surface area contributed by atoms with E-state index in [9.17, 15) is 68.9 Å². The van der Waals surface area contributed by atoms with Crippen LogP contribution in [0.15, 0.2) is 0 Å². The van der Waals surface area contributed by atoms with Gasteiger partial charge < -0.3 is 29.2 Å². The maximum Gasteiger partial charge on any atom is 0.437 e. The largest absolute Gasteiger partial charge is 0.457 e. The fraction of sp³-hybridized carbons (Fsp3) is 0.852. The lowest BCUT2D eigenvalue weighted by molar-refractivity contribution is -0.357. The molecule has 19 heteroatoms. The molecule has 0 aromatic rings. The fourth-order valence-corrected chi connectivity index (χ4v) is 6.24. The second-order valence-electron chi connectivity index (χ2n) is 12.8. The minimum Gasteiger partial charge on any atom is -0.457 e. The maximum absolute atomic E-state index is 13.0. The molecule has 2 aliphatic carbocycles. The normalized spacial score (nSPS) is 25.3. The van der Waals surface area contributed by atoms with Gasteiger partial charge in [0.15, 0.2) is 12.2 Å². The molecule has 10 nitrogen and oxygen atoms in total. The second-order valence-corrected chi connectivity index (χ2v) is 12.8. The first-order chi connectivity index (χ1) is 20.3.